The average Bonchev–Trinajstić information content (AvgIpc) is 3.22. The van der Waals surface area contributed by atoms with Crippen molar-refractivity contribution in [1.29, 1.82) is 0 Å². The lowest BCUT2D eigenvalue weighted by atomic mass is 9.78. The molecule has 34 heavy (non-hydrogen) atoms. The van der Waals surface area contributed by atoms with Crippen molar-refractivity contribution < 1.29 is 29.0 Å². The Morgan fingerprint density at radius 3 is 2.71 bits per heavy atom. The van der Waals surface area contributed by atoms with Crippen LogP contribution in [0.25, 0.3) is 0 Å². The van der Waals surface area contributed by atoms with Crippen molar-refractivity contribution in [2.24, 2.45) is 11.8 Å². The van der Waals surface area contributed by atoms with Crippen molar-refractivity contribution in [2.75, 3.05) is 26.3 Å². The maximum atomic E-state index is 14.0. The van der Waals surface area contributed by atoms with Crippen LogP contribution in [0, 0.1) is 11.8 Å². The number of hydrogen-bond acceptors (Lipinski definition) is 6. The van der Waals surface area contributed by atoms with Gasteiger partial charge >= 0.3 is 5.97 Å². The second kappa shape index (κ2) is 10.6. The van der Waals surface area contributed by atoms with Crippen molar-refractivity contribution in [2.45, 2.75) is 82.6 Å². The lowest BCUT2D eigenvalue weighted by Crippen LogP contribution is -2.58. The van der Waals surface area contributed by atoms with Crippen LogP contribution >= 0.6 is 0 Å². The Bertz CT molecular complexity index is 837. The minimum absolute atomic E-state index is 0.176. The Morgan fingerprint density at radius 1 is 1.15 bits per heavy atom. The molecule has 4 rings (SSSR count). The van der Waals surface area contributed by atoms with Gasteiger partial charge in [0, 0.05) is 13.1 Å². The van der Waals surface area contributed by atoms with Gasteiger partial charge in [-0.3, -0.25) is 14.4 Å². The van der Waals surface area contributed by atoms with Crippen molar-refractivity contribution in [3.63, 3.8) is 0 Å². The molecule has 2 fully saturated rings. The zero-order chi connectivity index (χ0) is 24.3. The number of nitrogens with zero attached hydrogens (tertiary/aromatic N) is 2. The second-order valence-corrected chi connectivity index (χ2v) is 9.82. The number of fused-ring (bicyclic) bond motifs is 2. The van der Waals surface area contributed by atoms with Gasteiger partial charge in [0.1, 0.15) is 17.6 Å². The van der Waals surface area contributed by atoms with Gasteiger partial charge in [0.05, 0.1) is 31.3 Å². The summed E-state index contributed by atoms with van der Waals surface area (Å²) in [4.78, 5) is 44.5. The van der Waals surface area contributed by atoms with E-state index in [1.807, 2.05) is 31.2 Å². The molecule has 188 valence electrons. The number of amides is 2. The third-order valence-corrected chi connectivity index (χ3v) is 7.73. The van der Waals surface area contributed by atoms with Gasteiger partial charge in [0.15, 0.2) is 0 Å². The minimum Gasteiger partial charge on any atom is -0.465 e. The Hall–Kier alpha value is -2.19. The molecule has 0 aromatic rings. The molecule has 8 nitrogen and oxygen atoms in total. The van der Waals surface area contributed by atoms with Crippen LogP contribution in [0.15, 0.2) is 24.3 Å². The lowest BCUT2D eigenvalue weighted by Gasteiger charge is -2.38. The van der Waals surface area contributed by atoms with E-state index in [9.17, 15) is 19.5 Å². The van der Waals surface area contributed by atoms with E-state index in [1.165, 1.54) is 4.90 Å². The van der Waals surface area contributed by atoms with Gasteiger partial charge in [-0.1, -0.05) is 51.0 Å². The number of unbranched alkanes of at least 4 members (excludes halogenated alkanes) is 2. The van der Waals surface area contributed by atoms with Crippen molar-refractivity contribution in [3.8, 4) is 0 Å². The standard InChI is InChI=1S/C26H38N2O6/c1-3-5-9-14-27-15-11-13-26-21(23(30)28(18(4-2)17-29)22(26)24(27)31)20-19(34-26)12-8-6-7-10-16-33-25(20)32/h8,11-13,18-22,29H,3-7,9-10,14-17H2,1-2H3/b12-8-/t18-,19-,20+,21-,22?,26-/m0/s1. The van der Waals surface area contributed by atoms with Crippen LogP contribution in [0.5, 0.6) is 0 Å². The summed E-state index contributed by atoms with van der Waals surface area (Å²) < 4.78 is 12.1. The summed E-state index contributed by atoms with van der Waals surface area (Å²) in [5, 5.41) is 10.1. The second-order valence-electron chi connectivity index (χ2n) is 9.82. The number of esters is 1. The highest BCUT2D eigenvalue weighted by Crippen LogP contribution is 2.53. The van der Waals surface area contributed by atoms with Gasteiger partial charge in [-0.15, -0.1) is 0 Å². The van der Waals surface area contributed by atoms with Gasteiger partial charge < -0.3 is 24.4 Å². The normalized spacial score (nSPS) is 35.3. The number of ether oxygens (including phenoxy) is 2. The molecule has 0 bridgehead atoms. The third kappa shape index (κ3) is 4.19. The summed E-state index contributed by atoms with van der Waals surface area (Å²) in [6.07, 6.45) is 12.9. The predicted octanol–water partition coefficient (Wildman–Crippen LogP) is 2.21. The molecular weight excluding hydrogens is 436 g/mol. The average molecular weight is 475 g/mol. The molecule has 4 aliphatic heterocycles. The van der Waals surface area contributed by atoms with Gasteiger partial charge in [-0.05, 0) is 32.1 Å². The highest BCUT2D eigenvalue weighted by molar-refractivity contribution is 5.99. The topological polar surface area (TPSA) is 96.4 Å². The van der Waals surface area contributed by atoms with Crippen LogP contribution in [-0.4, -0.2) is 82.8 Å². The molecule has 0 aliphatic carbocycles. The van der Waals surface area contributed by atoms with E-state index in [0.717, 1.165) is 38.5 Å². The number of rotatable bonds is 7. The van der Waals surface area contributed by atoms with Crippen LogP contribution in [-0.2, 0) is 23.9 Å². The fraction of sp³-hybridized carbons (Fsp3) is 0.731. The summed E-state index contributed by atoms with van der Waals surface area (Å²) in [5.74, 6) is -2.63. The number of aliphatic hydroxyl groups excluding tert-OH is 1. The Labute approximate surface area is 201 Å². The molecule has 2 saturated heterocycles. The van der Waals surface area contributed by atoms with Gasteiger partial charge in [-0.2, -0.15) is 0 Å². The molecule has 6 atom stereocenters. The molecule has 0 radical (unpaired) electrons. The number of carbonyl (C=O) groups excluding carboxylic acids is 3. The first kappa shape index (κ1) is 24.9. The number of aliphatic hydroxyl groups is 1. The number of allylic oxidation sites excluding steroid dienone is 1. The molecule has 0 aromatic heterocycles. The molecule has 1 unspecified atom stereocenters. The van der Waals surface area contributed by atoms with E-state index in [0.29, 0.717) is 26.1 Å². The zero-order valence-electron chi connectivity index (χ0n) is 20.4. The van der Waals surface area contributed by atoms with Crippen molar-refractivity contribution in [3.05, 3.63) is 24.3 Å². The maximum absolute atomic E-state index is 14.0. The first-order chi connectivity index (χ1) is 16.5. The van der Waals surface area contributed by atoms with E-state index < -0.39 is 41.6 Å². The summed E-state index contributed by atoms with van der Waals surface area (Å²) in [6.45, 7) is 5.09. The van der Waals surface area contributed by atoms with E-state index in [2.05, 4.69) is 6.92 Å². The number of hydrogen-bond donors (Lipinski definition) is 1. The Morgan fingerprint density at radius 2 is 1.97 bits per heavy atom. The molecule has 0 aromatic carbocycles. The van der Waals surface area contributed by atoms with E-state index >= 15 is 0 Å². The number of likely N-dealkylation sites (tertiary alicyclic amines) is 1. The molecule has 1 N–H and O–H groups in total. The summed E-state index contributed by atoms with van der Waals surface area (Å²) in [5.41, 5.74) is -1.26. The van der Waals surface area contributed by atoms with E-state index in [-0.39, 0.29) is 18.4 Å². The number of cyclic esters (lactones) is 1. The van der Waals surface area contributed by atoms with Crippen LogP contribution < -0.4 is 0 Å². The largest absolute Gasteiger partial charge is 0.465 e. The predicted molar refractivity (Wildman–Crippen MR) is 126 cm³/mol. The number of carbonyl (C=O) groups is 3. The SMILES string of the molecule is CCCCCN1CC=C[C@]23O[C@H]4/C=C\CCCCOC(=O)[C@H]4[C@H]2C(=O)N([C@@H](CC)CO)C3C1=O. The molecule has 4 heterocycles. The zero-order valence-corrected chi connectivity index (χ0v) is 20.4. The van der Waals surface area contributed by atoms with Crippen LogP contribution in [0.4, 0.5) is 0 Å². The first-order valence-corrected chi connectivity index (χ1v) is 12.9. The van der Waals surface area contributed by atoms with Gasteiger partial charge in [0.25, 0.3) is 0 Å². The van der Waals surface area contributed by atoms with Crippen LogP contribution in [0.3, 0.4) is 0 Å². The van der Waals surface area contributed by atoms with Crippen molar-refractivity contribution in [1.82, 2.24) is 9.80 Å². The monoisotopic (exact) mass is 474 g/mol. The van der Waals surface area contributed by atoms with E-state index in [4.69, 9.17) is 9.47 Å². The van der Waals surface area contributed by atoms with Gasteiger partial charge in [0.2, 0.25) is 11.8 Å². The van der Waals surface area contributed by atoms with E-state index in [1.54, 1.807) is 4.90 Å². The quantitative estimate of drug-likeness (QED) is 0.345. The smallest absolute Gasteiger partial charge is 0.312 e. The fourth-order valence-electron chi connectivity index (χ4n) is 5.96. The third-order valence-electron chi connectivity index (χ3n) is 7.73. The molecule has 8 heteroatoms. The summed E-state index contributed by atoms with van der Waals surface area (Å²) in [7, 11) is 0. The summed E-state index contributed by atoms with van der Waals surface area (Å²) in [6, 6.07) is -1.44. The van der Waals surface area contributed by atoms with Gasteiger partial charge in [-0.25, -0.2) is 0 Å². The molecule has 2 amide bonds. The molecule has 4 aliphatic rings. The maximum Gasteiger partial charge on any atom is 0.312 e. The Balaban J connectivity index is 1.78. The van der Waals surface area contributed by atoms with Crippen molar-refractivity contribution >= 4 is 17.8 Å². The molecule has 1 spiro atoms. The summed E-state index contributed by atoms with van der Waals surface area (Å²) >= 11 is 0. The first-order valence-electron chi connectivity index (χ1n) is 12.9. The highest BCUT2D eigenvalue weighted by Gasteiger charge is 2.72. The fourth-order valence-corrected chi connectivity index (χ4v) is 5.96. The van der Waals surface area contributed by atoms with Crippen LogP contribution in [0.1, 0.15) is 58.8 Å². The minimum atomic E-state index is -1.26. The molecular formula is C26H38N2O6. The lowest BCUT2D eigenvalue weighted by molar-refractivity contribution is -0.156. The molecule has 0 saturated carbocycles. The highest BCUT2D eigenvalue weighted by atomic mass is 16.6. The van der Waals surface area contributed by atoms with Crippen LogP contribution in [0.2, 0.25) is 0 Å². The Kier molecular flexibility index (Phi) is 7.77.